The highest BCUT2D eigenvalue weighted by atomic mass is 35.5. The van der Waals surface area contributed by atoms with Crippen molar-refractivity contribution in [1.29, 1.82) is 0 Å². The van der Waals surface area contributed by atoms with Crippen molar-refractivity contribution in [3.8, 4) is 0 Å². The molecular weight excluding hydrogens is 282 g/mol. The first-order valence-electron chi connectivity index (χ1n) is 6.43. The number of rotatable bonds is 6. The zero-order valence-corrected chi connectivity index (χ0v) is 13.7. The molecule has 19 heavy (non-hydrogen) atoms. The van der Waals surface area contributed by atoms with E-state index in [2.05, 4.69) is 11.9 Å². The van der Waals surface area contributed by atoms with Gasteiger partial charge in [0.15, 0.2) is 0 Å². The Bertz CT molecular complexity index is 397. The quantitative estimate of drug-likeness (QED) is 0.878. The molecule has 0 aliphatic heterocycles. The van der Waals surface area contributed by atoms with Crippen molar-refractivity contribution in [3.63, 3.8) is 0 Å². The summed E-state index contributed by atoms with van der Waals surface area (Å²) in [6.45, 7) is 6.71. The van der Waals surface area contributed by atoms with E-state index in [0.717, 1.165) is 17.8 Å². The van der Waals surface area contributed by atoms with Crippen LogP contribution in [0.4, 0.5) is 0 Å². The van der Waals surface area contributed by atoms with E-state index in [-0.39, 0.29) is 24.2 Å². The summed E-state index contributed by atoms with van der Waals surface area (Å²) in [6, 6.07) is -0.411. The van der Waals surface area contributed by atoms with Crippen LogP contribution in [0.25, 0.3) is 0 Å². The van der Waals surface area contributed by atoms with Crippen LogP contribution < -0.4 is 5.73 Å². The van der Waals surface area contributed by atoms with Gasteiger partial charge < -0.3 is 10.6 Å². The molecule has 0 spiro atoms. The van der Waals surface area contributed by atoms with Crippen LogP contribution in [0.3, 0.4) is 0 Å². The van der Waals surface area contributed by atoms with Crippen LogP contribution in [0.1, 0.15) is 37.1 Å². The van der Waals surface area contributed by atoms with Gasteiger partial charge in [-0.25, -0.2) is 4.98 Å². The lowest BCUT2D eigenvalue weighted by molar-refractivity contribution is -0.132. The highest BCUT2D eigenvalue weighted by Crippen LogP contribution is 2.16. The van der Waals surface area contributed by atoms with E-state index in [1.54, 1.807) is 23.3 Å². The van der Waals surface area contributed by atoms with Crippen molar-refractivity contribution in [1.82, 2.24) is 9.88 Å². The Balaban J connectivity index is 0.00000324. The summed E-state index contributed by atoms with van der Waals surface area (Å²) < 4.78 is 0. The topological polar surface area (TPSA) is 59.2 Å². The maximum atomic E-state index is 12.1. The normalized spacial score (nSPS) is 13.5. The molecule has 0 bridgehead atoms. The van der Waals surface area contributed by atoms with Crippen LogP contribution in [0, 0.1) is 5.92 Å². The first kappa shape index (κ1) is 18.4. The number of aryl methyl sites for hydroxylation is 1. The lowest BCUT2D eigenvalue weighted by Gasteiger charge is -2.23. The Morgan fingerprint density at radius 3 is 2.63 bits per heavy atom. The van der Waals surface area contributed by atoms with Gasteiger partial charge in [0.1, 0.15) is 5.01 Å². The Morgan fingerprint density at radius 2 is 2.16 bits per heavy atom. The fourth-order valence-electron chi connectivity index (χ4n) is 1.62. The summed E-state index contributed by atoms with van der Waals surface area (Å²) >= 11 is 1.66. The van der Waals surface area contributed by atoms with Crippen LogP contribution in [0.5, 0.6) is 0 Å². The van der Waals surface area contributed by atoms with Crippen molar-refractivity contribution in [3.05, 3.63) is 16.1 Å². The molecule has 110 valence electrons. The molecule has 6 heteroatoms. The van der Waals surface area contributed by atoms with Crippen molar-refractivity contribution in [2.24, 2.45) is 11.7 Å². The molecule has 1 rings (SSSR count). The second-order valence-corrected chi connectivity index (χ2v) is 5.88. The molecule has 4 nitrogen and oxygen atoms in total. The number of aromatic nitrogens is 1. The molecule has 1 heterocycles. The van der Waals surface area contributed by atoms with Gasteiger partial charge in [-0.05, 0) is 12.3 Å². The second kappa shape index (κ2) is 8.51. The van der Waals surface area contributed by atoms with Crippen molar-refractivity contribution < 1.29 is 4.79 Å². The summed E-state index contributed by atoms with van der Waals surface area (Å²) in [6.07, 6.45) is 3.78. The number of thiazole rings is 1. The monoisotopic (exact) mass is 305 g/mol. The zero-order chi connectivity index (χ0) is 13.7. The molecule has 1 aromatic heterocycles. The molecule has 2 N–H and O–H groups in total. The molecule has 1 amide bonds. The molecule has 0 aliphatic carbocycles. The van der Waals surface area contributed by atoms with E-state index in [9.17, 15) is 4.79 Å². The van der Waals surface area contributed by atoms with E-state index in [1.165, 1.54) is 4.88 Å². The predicted molar refractivity (Wildman–Crippen MR) is 82.6 cm³/mol. The first-order valence-corrected chi connectivity index (χ1v) is 7.25. The Kier molecular flexibility index (Phi) is 8.22. The van der Waals surface area contributed by atoms with Crippen LogP contribution in [0.15, 0.2) is 6.20 Å². The lowest BCUT2D eigenvalue weighted by Crippen LogP contribution is -2.45. The molecule has 1 aromatic rings. The van der Waals surface area contributed by atoms with E-state index < -0.39 is 6.04 Å². The summed E-state index contributed by atoms with van der Waals surface area (Å²) in [4.78, 5) is 19.3. The summed E-state index contributed by atoms with van der Waals surface area (Å²) in [5.74, 6) is 0.208. The minimum Gasteiger partial charge on any atom is -0.338 e. The number of halogens is 1. The molecule has 0 aliphatic rings. The van der Waals surface area contributed by atoms with E-state index >= 15 is 0 Å². The second-order valence-electron chi connectivity index (χ2n) is 4.68. The number of hydrogen-bond acceptors (Lipinski definition) is 4. The van der Waals surface area contributed by atoms with Crippen molar-refractivity contribution in [2.75, 3.05) is 7.05 Å². The van der Waals surface area contributed by atoms with Crippen LogP contribution in [-0.2, 0) is 17.8 Å². The Hall–Kier alpha value is -0.650. The first-order chi connectivity index (χ1) is 8.49. The molecular formula is C13H24ClN3OS. The van der Waals surface area contributed by atoms with Crippen molar-refractivity contribution in [2.45, 2.75) is 46.2 Å². The highest BCUT2D eigenvalue weighted by molar-refractivity contribution is 7.11. The van der Waals surface area contributed by atoms with Gasteiger partial charge in [-0.15, -0.1) is 23.7 Å². The predicted octanol–water partition coefficient (Wildman–Crippen LogP) is 2.46. The van der Waals surface area contributed by atoms with Gasteiger partial charge in [-0.3, -0.25) is 4.79 Å². The van der Waals surface area contributed by atoms with Crippen LogP contribution in [0.2, 0.25) is 0 Å². The molecule has 2 unspecified atom stereocenters. The lowest BCUT2D eigenvalue weighted by atomic mass is 9.99. The SMILES string of the molecule is CCc1cnc(CN(C)C(=O)C(N)C(C)CC)s1.Cl. The molecule has 0 saturated carbocycles. The van der Waals surface area contributed by atoms with Gasteiger partial charge in [0.25, 0.3) is 0 Å². The molecule has 0 radical (unpaired) electrons. The molecule has 0 aromatic carbocycles. The molecule has 0 fully saturated rings. The number of carbonyl (C=O) groups excluding carboxylic acids is 1. The number of hydrogen-bond donors (Lipinski definition) is 1. The summed E-state index contributed by atoms with van der Waals surface area (Å²) in [7, 11) is 1.79. The zero-order valence-electron chi connectivity index (χ0n) is 12.0. The molecule has 0 saturated heterocycles. The van der Waals surface area contributed by atoms with Gasteiger partial charge in [-0.2, -0.15) is 0 Å². The molecule has 2 atom stereocenters. The number of likely N-dealkylation sites (N-methyl/N-ethyl adjacent to an activating group) is 1. The third kappa shape index (κ3) is 5.09. The fraction of sp³-hybridized carbons (Fsp3) is 0.692. The summed E-state index contributed by atoms with van der Waals surface area (Å²) in [5, 5.41) is 0.971. The number of amides is 1. The average molecular weight is 306 g/mol. The van der Waals surface area contributed by atoms with Gasteiger partial charge in [0, 0.05) is 18.1 Å². The number of nitrogens with two attached hydrogens (primary N) is 1. The van der Waals surface area contributed by atoms with Gasteiger partial charge >= 0.3 is 0 Å². The van der Waals surface area contributed by atoms with E-state index in [0.29, 0.717) is 6.54 Å². The largest absolute Gasteiger partial charge is 0.338 e. The van der Waals surface area contributed by atoms with Crippen molar-refractivity contribution >= 4 is 29.7 Å². The minimum absolute atomic E-state index is 0. The van der Waals surface area contributed by atoms with E-state index in [1.807, 2.05) is 20.0 Å². The minimum atomic E-state index is -0.411. The third-order valence-electron chi connectivity index (χ3n) is 3.24. The Morgan fingerprint density at radius 1 is 1.53 bits per heavy atom. The van der Waals surface area contributed by atoms with Crippen LogP contribution in [-0.4, -0.2) is 28.9 Å². The highest BCUT2D eigenvalue weighted by Gasteiger charge is 2.23. The van der Waals surface area contributed by atoms with Gasteiger partial charge in [-0.1, -0.05) is 27.2 Å². The summed E-state index contributed by atoms with van der Waals surface area (Å²) in [5.41, 5.74) is 5.95. The maximum Gasteiger partial charge on any atom is 0.239 e. The smallest absolute Gasteiger partial charge is 0.239 e. The standard InChI is InChI=1S/C13H23N3OS.ClH/c1-5-9(3)12(14)13(17)16(4)8-11-15-7-10(6-2)18-11;/h7,9,12H,5-6,8,14H2,1-4H3;1H. The fourth-order valence-corrected chi connectivity index (χ4v) is 2.53. The maximum absolute atomic E-state index is 12.1. The average Bonchev–Trinajstić information content (AvgIpc) is 2.83. The number of carbonyl (C=O) groups is 1. The van der Waals surface area contributed by atoms with E-state index in [4.69, 9.17) is 5.73 Å². The number of nitrogens with zero attached hydrogens (tertiary/aromatic N) is 2. The van der Waals surface area contributed by atoms with Crippen LogP contribution >= 0.6 is 23.7 Å². The third-order valence-corrected chi connectivity index (χ3v) is 4.37. The van der Waals surface area contributed by atoms with Gasteiger partial charge in [0.05, 0.1) is 12.6 Å². The Labute approximate surface area is 125 Å². The van der Waals surface area contributed by atoms with Gasteiger partial charge in [0.2, 0.25) is 5.91 Å².